The normalized spacial score (nSPS) is 17.4. The second kappa shape index (κ2) is 14.7. The van der Waals surface area contributed by atoms with Crippen LogP contribution in [0.4, 0.5) is 8.78 Å². The summed E-state index contributed by atoms with van der Waals surface area (Å²) >= 11 is 12.8. The lowest BCUT2D eigenvalue weighted by molar-refractivity contribution is -0.153. The second-order valence-electron chi connectivity index (χ2n) is 11.6. The van der Waals surface area contributed by atoms with E-state index in [4.69, 9.17) is 32.7 Å². The van der Waals surface area contributed by atoms with E-state index >= 15 is 0 Å². The van der Waals surface area contributed by atoms with Crippen LogP contribution in [0.3, 0.4) is 0 Å². The van der Waals surface area contributed by atoms with Gasteiger partial charge in [-0.2, -0.15) is 13.1 Å². The minimum atomic E-state index is -4.22. The number of carbonyl (C=O) groups is 2. The van der Waals surface area contributed by atoms with Gasteiger partial charge in [0.05, 0.1) is 21.5 Å². The molecule has 1 saturated heterocycles. The zero-order valence-electron chi connectivity index (χ0n) is 25.6. The Kier molecular flexibility index (Phi) is 10.9. The van der Waals surface area contributed by atoms with Crippen molar-refractivity contribution in [2.75, 3.05) is 27.2 Å². The Labute approximate surface area is 281 Å². The highest BCUT2D eigenvalue weighted by molar-refractivity contribution is 7.89. The zero-order chi connectivity index (χ0) is 33.9. The van der Waals surface area contributed by atoms with E-state index in [-0.39, 0.29) is 57.3 Å². The number of sulfonamides is 1. The Morgan fingerprint density at radius 3 is 2.43 bits per heavy atom. The third kappa shape index (κ3) is 8.32. The molecule has 5 rings (SSSR count). The molecule has 252 valence electrons. The number of hydrogen-bond donors (Lipinski definition) is 0. The highest BCUT2D eigenvalue weighted by Crippen LogP contribution is 2.38. The number of alkyl halides is 2. The number of aromatic nitrogens is 1. The fourth-order valence-corrected chi connectivity index (χ4v) is 7.45. The van der Waals surface area contributed by atoms with Crippen molar-refractivity contribution < 1.29 is 41.0 Å². The van der Waals surface area contributed by atoms with E-state index in [0.29, 0.717) is 30.1 Å². The molecule has 1 amide bonds. The predicted molar refractivity (Wildman–Crippen MR) is 169 cm³/mol. The summed E-state index contributed by atoms with van der Waals surface area (Å²) in [5.74, 6) is -1.04. The Morgan fingerprint density at radius 2 is 1.77 bits per heavy atom. The maximum Gasteiger partial charge on any atom is 0.387 e. The number of pyridine rings is 1. The van der Waals surface area contributed by atoms with Gasteiger partial charge < -0.3 is 19.1 Å². The molecule has 1 aliphatic carbocycles. The van der Waals surface area contributed by atoms with Crippen LogP contribution in [0, 0.1) is 5.92 Å². The first-order valence-corrected chi connectivity index (χ1v) is 17.1. The molecule has 1 aliphatic heterocycles. The van der Waals surface area contributed by atoms with Crippen LogP contribution < -0.4 is 9.47 Å². The van der Waals surface area contributed by atoms with E-state index in [2.05, 4.69) is 9.72 Å². The quantitative estimate of drug-likeness (QED) is 0.194. The van der Waals surface area contributed by atoms with Crippen LogP contribution in [0.25, 0.3) is 0 Å². The largest absolute Gasteiger partial charge is 0.489 e. The highest BCUT2D eigenvalue weighted by Gasteiger charge is 2.41. The van der Waals surface area contributed by atoms with Gasteiger partial charge in [0.15, 0.2) is 11.5 Å². The predicted octanol–water partition coefficient (Wildman–Crippen LogP) is 6.16. The molecule has 0 bridgehead atoms. The van der Waals surface area contributed by atoms with Gasteiger partial charge in [-0.15, -0.1) is 0 Å². The van der Waals surface area contributed by atoms with Gasteiger partial charge in [-0.25, -0.2) is 8.42 Å². The number of carbonyl (C=O) groups excluding carboxylic acids is 2. The number of esters is 1. The number of nitrogens with zero attached hydrogens (tertiary/aromatic N) is 3. The third-order valence-electron chi connectivity index (χ3n) is 7.90. The number of hydrogen-bond acceptors (Lipinski definition) is 8. The minimum Gasteiger partial charge on any atom is -0.489 e. The van der Waals surface area contributed by atoms with Gasteiger partial charge in [0.1, 0.15) is 12.1 Å². The number of rotatable bonds is 13. The van der Waals surface area contributed by atoms with Crippen molar-refractivity contribution in [2.45, 2.75) is 55.8 Å². The van der Waals surface area contributed by atoms with Crippen LogP contribution in [-0.2, 0) is 26.0 Å². The summed E-state index contributed by atoms with van der Waals surface area (Å²) in [6, 6.07) is 8.66. The summed E-state index contributed by atoms with van der Waals surface area (Å²) in [5.41, 5.74) is 0.948. The van der Waals surface area contributed by atoms with Crippen molar-refractivity contribution in [1.82, 2.24) is 14.2 Å². The molecule has 1 aromatic heterocycles. The van der Waals surface area contributed by atoms with E-state index in [0.717, 1.165) is 17.1 Å². The first-order chi connectivity index (χ1) is 22.3. The van der Waals surface area contributed by atoms with Crippen LogP contribution in [-0.4, -0.2) is 74.4 Å². The molecule has 47 heavy (non-hydrogen) atoms. The van der Waals surface area contributed by atoms with Gasteiger partial charge in [0.25, 0.3) is 5.91 Å². The summed E-state index contributed by atoms with van der Waals surface area (Å²) < 4.78 is 71.5. The molecule has 1 saturated carbocycles. The maximum atomic E-state index is 13.8. The van der Waals surface area contributed by atoms with Crippen LogP contribution in [0.5, 0.6) is 11.5 Å². The van der Waals surface area contributed by atoms with Gasteiger partial charge in [0.2, 0.25) is 10.0 Å². The molecule has 2 unspecified atom stereocenters. The monoisotopic (exact) mass is 711 g/mol. The summed E-state index contributed by atoms with van der Waals surface area (Å²) in [4.78, 5) is 31.5. The standard InChI is InChI=1S/C32H33Cl2F2N3O7S/c1-38(2)30(40)21-5-3-6-22(13-21)47(42,43)39-12-4-7-26(39)31(41)45-28(15-23-24(33)16-37-17-25(23)34)20-10-11-27(46-32(35)36)29(14-20)44-18-19-8-9-19/h3,5-6,10-11,13-14,16-17,19,26,28,32H,4,7-9,12,15,18H2,1-2H3. The Morgan fingerprint density at radius 1 is 1.04 bits per heavy atom. The molecule has 15 heteroatoms. The second-order valence-corrected chi connectivity index (χ2v) is 14.3. The molecule has 0 spiro atoms. The van der Waals surface area contributed by atoms with Gasteiger partial charge in [0, 0.05) is 45.0 Å². The van der Waals surface area contributed by atoms with Crippen molar-refractivity contribution >= 4 is 45.1 Å². The Hall–Kier alpha value is -3.52. The van der Waals surface area contributed by atoms with Crippen LogP contribution in [0.1, 0.15) is 53.3 Å². The summed E-state index contributed by atoms with van der Waals surface area (Å²) in [6.45, 7) is -2.74. The van der Waals surface area contributed by atoms with Crippen molar-refractivity contribution in [3.8, 4) is 11.5 Å². The molecular weight excluding hydrogens is 679 g/mol. The van der Waals surface area contributed by atoms with E-state index in [1.807, 2.05) is 0 Å². The minimum absolute atomic E-state index is 0.0416. The van der Waals surface area contributed by atoms with E-state index in [1.54, 1.807) is 14.1 Å². The molecule has 3 aromatic rings. The fraction of sp³-hybridized carbons (Fsp3) is 0.406. The van der Waals surface area contributed by atoms with Gasteiger partial charge in [-0.3, -0.25) is 14.6 Å². The smallest absolute Gasteiger partial charge is 0.387 e. The molecule has 0 N–H and O–H groups in total. The first-order valence-electron chi connectivity index (χ1n) is 14.9. The molecule has 10 nitrogen and oxygen atoms in total. The molecule has 2 atom stereocenters. The molecule has 2 fully saturated rings. The number of benzene rings is 2. The third-order valence-corrected chi connectivity index (χ3v) is 10.5. The molecular formula is C32H33Cl2F2N3O7S. The van der Waals surface area contributed by atoms with Crippen molar-refractivity contribution in [2.24, 2.45) is 5.92 Å². The number of halogens is 4. The average molecular weight is 713 g/mol. The van der Waals surface area contributed by atoms with Gasteiger partial charge >= 0.3 is 12.6 Å². The van der Waals surface area contributed by atoms with Crippen molar-refractivity contribution in [3.63, 3.8) is 0 Å². The highest BCUT2D eigenvalue weighted by atomic mass is 35.5. The average Bonchev–Trinajstić information content (AvgIpc) is 3.72. The lowest BCUT2D eigenvalue weighted by Crippen LogP contribution is -2.42. The van der Waals surface area contributed by atoms with Crippen LogP contribution in [0.2, 0.25) is 10.0 Å². The number of ether oxygens (including phenoxy) is 3. The van der Waals surface area contributed by atoms with Crippen LogP contribution >= 0.6 is 23.2 Å². The summed E-state index contributed by atoms with van der Waals surface area (Å²) in [6.07, 6.45) is 4.13. The summed E-state index contributed by atoms with van der Waals surface area (Å²) in [7, 11) is -1.11. The Balaban J connectivity index is 1.46. The molecule has 2 aromatic carbocycles. The van der Waals surface area contributed by atoms with Gasteiger partial charge in [-0.05, 0) is 73.1 Å². The van der Waals surface area contributed by atoms with E-state index in [1.165, 1.54) is 59.8 Å². The topological polar surface area (TPSA) is 115 Å². The fourth-order valence-electron chi connectivity index (χ4n) is 5.23. The zero-order valence-corrected chi connectivity index (χ0v) is 27.9. The number of amides is 1. The molecule has 0 radical (unpaired) electrons. The lowest BCUT2D eigenvalue weighted by atomic mass is 10.0. The molecule has 2 aliphatic rings. The van der Waals surface area contributed by atoms with Crippen LogP contribution in [0.15, 0.2) is 59.8 Å². The SMILES string of the molecule is CN(C)C(=O)c1cccc(S(=O)(=O)N2CCCC2C(=O)OC(Cc2c(Cl)cncc2Cl)c2ccc(OC(F)F)c(OCC3CC3)c2)c1. The Bertz CT molecular complexity index is 1720. The van der Waals surface area contributed by atoms with Crippen molar-refractivity contribution in [1.29, 1.82) is 0 Å². The van der Waals surface area contributed by atoms with E-state index < -0.39 is 34.7 Å². The summed E-state index contributed by atoms with van der Waals surface area (Å²) in [5, 5.41) is 0.414. The first kappa shape index (κ1) is 34.8. The maximum absolute atomic E-state index is 13.8. The molecule has 2 heterocycles. The van der Waals surface area contributed by atoms with Crippen molar-refractivity contribution in [3.05, 3.63) is 81.6 Å². The lowest BCUT2D eigenvalue weighted by Gasteiger charge is -2.26. The van der Waals surface area contributed by atoms with Gasteiger partial charge in [-0.1, -0.05) is 35.3 Å². The van der Waals surface area contributed by atoms with E-state index in [9.17, 15) is 26.8 Å².